The number of carboxylic acids is 2. The summed E-state index contributed by atoms with van der Waals surface area (Å²) in [5, 5.41) is 23.0. The molecule has 5 nitrogen and oxygen atoms in total. The molecular weight excluding hydrogens is 416 g/mol. The zero-order chi connectivity index (χ0) is 22.9. The Morgan fingerprint density at radius 3 is 1.91 bits per heavy atom. The lowest BCUT2D eigenvalue weighted by Gasteiger charge is -2.14. The Balaban J connectivity index is 1.77. The highest BCUT2D eigenvalue weighted by molar-refractivity contribution is 6.08. The normalized spacial score (nSPS) is 10.9. The van der Waals surface area contributed by atoms with Crippen LogP contribution in [0.1, 0.15) is 20.7 Å². The van der Waals surface area contributed by atoms with Crippen LogP contribution in [-0.2, 0) is 0 Å². The van der Waals surface area contributed by atoms with Crippen LogP contribution in [0.5, 0.6) is 11.5 Å². The maximum Gasteiger partial charge on any atom is 0.335 e. The highest BCUT2D eigenvalue weighted by atomic mass is 16.5. The van der Waals surface area contributed by atoms with E-state index < -0.39 is 11.9 Å². The van der Waals surface area contributed by atoms with Crippen LogP contribution in [0.3, 0.4) is 0 Å². The first-order valence-electron chi connectivity index (χ1n) is 10.3. The summed E-state index contributed by atoms with van der Waals surface area (Å²) >= 11 is 0. The molecule has 0 unspecified atom stereocenters. The Bertz CT molecular complexity index is 1540. The van der Waals surface area contributed by atoms with Crippen molar-refractivity contribution in [3.05, 3.63) is 108 Å². The minimum Gasteiger partial charge on any atom is -0.478 e. The molecule has 0 amide bonds. The largest absolute Gasteiger partial charge is 0.478 e. The fraction of sp³-hybridized carbons (Fsp3) is 0. The standard InChI is InChI=1S/C28H18O5/c29-27(30)21-12-20(13-24(14-21)33-23-8-2-1-3-9-23)26-16-22(28(31)32)11-19-10-17-6-4-5-7-18(17)15-25(19)26/h1-16H,(H,29,30)(H,31,32). The summed E-state index contributed by atoms with van der Waals surface area (Å²) in [4.78, 5) is 23.7. The molecule has 0 saturated heterocycles. The van der Waals surface area contributed by atoms with Crippen molar-refractivity contribution in [2.24, 2.45) is 0 Å². The van der Waals surface area contributed by atoms with Crippen LogP contribution < -0.4 is 4.74 Å². The number of carboxylic acid groups (broad SMARTS) is 2. The number of hydrogen-bond donors (Lipinski definition) is 2. The number of carbonyl (C=O) groups is 2. The van der Waals surface area contributed by atoms with Crippen molar-refractivity contribution < 1.29 is 24.5 Å². The first kappa shape index (κ1) is 20.3. The first-order valence-corrected chi connectivity index (χ1v) is 10.3. The Kier molecular flexibility index (Phi) is 4.99. The average Bonchev–Trinajstić information content (AvgIpc) is 2.82. The van der Waals surface area contributed by atoms with Crippen LogP contribution in [0.4, 0.5) is 0 Å². The van der Waals surface area contributed by atoms with Crippen molar-refractivity contribution in [1.29, 1.82) is 0 Å². The van der Waals surface area contributed by atoms with E-state index in [0.29, 0.717) is 22.6 Å². The van der Waals surface area contributed by atoms with Crippen molar-refractivity contribution in [3.8, 4) is 22.6 Å². The summed E-state index contributed by atoms with van der Waals surface area (Å²) in [7, 11) is 0. The average molecular weight is 434 g/mol. The molecule has 0 fully saturated rings. The van der Waals surface area contributed by atoms with Crippen molar-refractivity contribution >= 4 is 33.5 Å². The van der Waals surface area contributed by atoms with Gasteiger partial charge < -0.3 is 14.9 Å². The maximum atomic E-state index is 11.9. The Labute approximate surface area is 189 Å². The number of rotatable bonds is 5. The molecular formula is C28H18O5. The summed E-state index contributed by atoms with van der Waals surface area (Å²) in [5.41, 5.74) is 1.35. The molecule has 160 valence electrons. The second-order valence-corrected chi connectivity index (χ2v) is 7.72. The number of aromatic carboxylic acids is 2. The lowest BCUT2D eigenvalue weighted by molar-refractivity contribution is 0.0686. The van der Waals surface area contributed by atoms with Gasteiger partial charge in [0.2, 0.25) is 0 Å². The van der Waals surface area contributed by atoms with E-state index >= 15 is 0 Å². The van der Waals surface area contributed by atoms with E-state index in [1.807, 2.05) is 54.6 Å². The summed E-state index contributed by atoms with van der Waals surface area (Å²) < 4.78 is 5.91. The molecule has 0 heterocycles. The summed E-state index contributed by atoms with van der Waals surface area (Å²) in [6, 6.07) is 28.8. The molecule has 0 aliphatic heterocycles. The predicted molar refractivity (Wildman–Crippen MR) is 127 cm³/mol. The van der Waals surface area contributed by atoms with Gasteiger partial charge in [-0.25, -0.2) is 9.59 Å². The van der Waals surface area contributed by atoms with Crippen LogP contribution in [0.15, 0.2) is 97.1 Å². The van der Waals surface area contributed by atoms with Gasteiger partial charge in [-0.2, -0.15) is 0 Å². The summed E-state index contributed by atoms with van der Waals surface area (Å²) in [6.45, 7) is 0. The first-order chi connectivity index (χ1) is 16.0. The van der Waals surface area contributed by atoms with Crippen molar-refractivity contribution in [2.75, 3.05) is 0 Å². The predicted octanol–water partition coefficient (Wildman–Crippen LogP) is 6.85. The van der Waals surface area contributed by atoms with E-state index in [1.54, 1.807) is 30.3 Å². The third-order valence-corrected chi connectivity index (χ3v) is 5.51. The summed E-state index contributed by atoms with van der Waals surface area (Å²) in [5.74, 6) is -1.23. The second kappa shape index (κ2) is 8.13. The quantitative estimate of drug-likeness (QED) is 0.296. The van der Waals surface area contributed by atoms with Crippen LogP contribution in [0.25, 0.3) is 32.7 Å². The number of fused-ring (bicyclic) bond motifs is 2. The van der Waals surface area contributed by atoms with Gasteiger partial charge in [0.25, 0.3) is 0 Å². The van der Waals surface area contributed by atoms with Gasteiger partial charge in [0, 0.05) is 0 Å². The van der Waals surface area contributed by atoms with E-state index in [4.69, 9.17) is 4.74 Å². The molecule has 33 heavy (non-hydrogen) atoms. The fourth-order valence-electron chi connectivity index (χ4n) is 3.98. The minimum atomic E-state index is -1.10. The smallest absolute Gasteiger partial charge is 0.335 e. The molecule has 5 aromatic rings. The Morgan fingerprint density at radius 2 is 1.21 bits per heavy atom. The fourth-order valence-corrected chi connectivity index (χ4v) is 3.98. The molecule has 5 heteroatoms. The molecule has 0 atom stereocenters. The van der Waals surface area contributed by atoms with Gasteiger partial charge in [-0.3, -0.25) is 0 Å². The van der Waals surface area contributed by atoms with Gasteiger partial charge in [-0.1, -0.05) is 42.5 Å². The zero-order valence-electron chi connectivity index (χ0n) is 17.4. The van der Waals surface area contributed by atoms with Gasteiger partial charge >= 0.3 is 11.9 Å². The molecule has 0 aromatic heterocycles. The molecule has 5 aromatic carbocycles. The van der Waals surface area contributed by atoms with Gasteiger partial charge in [-0.15, -0.1) is 0 Å². The zero-order valence-corrected chi connectivity index (χ0v) is 17.4. The minimum absolute atomic E-state index is 0.0492. The van der Waals surface area contributed by atoms with Crippen LogP contribution >= 0.6 is 0 Å². The molecule has 0 bridgehead atoms. The van der Waals surface area contributed by atoms with Crippen LogP contribution in [0, 0.1) is 0 Å². The van der Waals surface area contributed by atoms with E-state index in [0.717, 1.165) is 21.5 Å². The maximum absolute atomic E-state index is 11.9. The number of benzene rings is 5. The Hall–Kier alpha value is -4.64. The number of para-hydroxylation sites is 1. The number of ether oxygens (including phenoxy) is 1. The summed E-state index contributed by atoms with van der Waals surface area (Å²) in [6.07, 6.45) is 0. The van der Waals surface area contributed by atoms with E-state index in [1.165, 1.54) is 12.1 Å². The van der Waals surface area contributed by atoms with Crippen LogP contribution in [-0.4, -0.2) is 22.2 Å². The highest BCUT2D eigenvalue weighted by Gasteiger charge is 2.15. The van der Waals surface area contributed by atoms with E-state index in [9.17, 15) is 19.8 Å². The molecule has 0 radical (unpaired) electrons. The van der Waals surface area contributed by atoms with Gasteiger partial charge in [0.05, 0.1) is 11.1 Å². The second-order valence-electron chi connectivity index (χ2n) is 7.72. The highest BCUT2D eigenvalue weighted by Crippen LogP contribution is 2.36. The topological polar surface area (TPSA) is 83.8 Å². The monoisotopic (exact) mass is 434 g/mol. The van der Waals surface area contributed by atoms with Crippen LogP contribution in [0.2, 0.25) is 0 Å². The van der Waals surface area contributed by atoms with E-state index in [-0.39, 0.29) is 11.1 Å². The van der Waals surface area contributed by atoms with Crippen molar-refractivity contribution in [1.82, 2.24) is 0 Å². The van der Waals surface area contributed by atoms with E-state index in [2.05, 4.69) is 0 Å². The SMILES string of the molecule is O=C(O)c1cc(Oc2ccccc2)cc(-c2cc(C(=O)O)cc3cc4ccccc4cc23)c1. The molecule has 0 saturated carbocycles. The lowest BCUT2D eigenvalue weighted by atomic mass is 9.92. The molecule has 0 spiro atoms. The molecule has 2 N–H and O–H groups in total. The van der Waals surface area contributed by atoms with Gasteiger partial charge in [0.15, 0.2) is 0 Å². The molecule has 0 aliphatic carbocycles. The molecule has 0 aliphatic rings. The van der Waals surface area contributed by atoms with Gasteiger partial charge in [-0.05, 0) is 87.3 Å². The van der Waals surface area contributed by atoms with Gasteiger partial charge in [0.1, 0.15) is 11.5 Å². The van der Waals surface area contributed by atoms with Crippen molar-refractivity contribution in [3.63, 3.8) is 0 Å². The van der Waals surface area contributed by atoms with Crippen molar-refractivity contribution in [2.45, 2.75) is 0 Å². The molecule has 5 rings (SSSR count). The third kappa shape index (κ3) is 4.00. The third-order valence-electron chi connectivity index (χ3n) is 5.51. The number of hydrogen-bond acceptors (Lipinski definition) is 3. The lowest BCUT2D eigenvalue weighted by Crippen LogP contribution is -2.00. The Morgan fingerprint density at radius 1 is 0.576 bits per heavy atom.